The first kappa shape index (κ1) is 20.8. The molecular formula is C20H23N3O5. The van der Waals surface area contributed by atoms with Crippen molar-refractivity contribution in [3.8, 4) is 0 Å². The summed E-state index contributed by atoms with van der Waals surface area (Å²) in [6.07, 6.45) is -3.03. The minimum atomic E-state index is -1.26. The molecule has 0 aliphatic rings. The zero-order chi connectivity index (χ0) is 20.4. The van der Waals surface area contributed by atoms with E-state index in [1.165, 1.54) is 0 Å². The quantitative estimate of drug-likeness (QED) is 0.431. The Morgan fingerprint density at radius 2 is 1.46 bits per heavy atom. The number of carbonyl (C=O) groups excluding carboxylic acids is 3. The monoisotopic (exact) mass is 385 g/mol. The number of hydrogen-bond donors (Lipinski definition) is 2. The molecule has 2 N–H and O–H groups in total. The van der Waals surface area contributed by atoms with Crippen molar-refractivity contribution in [1.82, 2.24) is 10.4 Å². The summed E-state index contributed by atoms with van der Waals surface area (Å²) >= 11 is 0. The van der Waals surface area contributed by atoms with Crippen LogP contribution in [-0.4, -0.2) is 42.4 Å². The number of benzene rings is 2. The number of ether oxygens (including phenoxy) is 2. The summed E-state index contributed by atoms with van der Waals surface area (Å²) < 4.78 is 9.86. The number of ketones is 1. The maximum absolute atomic E-state index is 13.1. The van der Waals surface area contributed by atoms with Crippen molar-refractivity contribution in [3.63, 3.8) is 0 Å². The number of carbonyl (C=O) groups is 3. The lowest BCUT2D eigenvalue weighted by Gasteiger charge is -2.30. The summed E-state index contributed by atoms with van der Waals surface area (Å²) in [5, 5.41) is 3.76. The molecule has 0 aliphatic heterocycles. The van der Waals surface area contributed by atoms with Gasteiger partial charge in [0.1, 0.15) is 0 Å². The largest absolute Gasteiger partial charge is 0.449 e. The molecule has 8 nitrogen and oxygen atoms in total. The Morgan fingerprint density at radius 1 is 0.893 bits per heavy atom. The average molecular weight is 385 g/mol. The van der Waals surface area contributed by atoms with Crippen LogP contribution in [0.25, 0.3) is 0 Å². The third-order valence-corrected chi connectivity index (χ3v) is 3.59. The highest BCUT2D eigenvalue weighted by Gasteiger charge is 2.33. The van der Waals surface area contributed by atoms with Crippen molar-refractivity contribution in [3.05, 3.63) is 66.2 Å². The molecule has 0 bridgehead atoms. The van der Waals surface area contributed by atoms with Gasteiger partial charge in [0.15, 0.2) is 6.17 Å². The van der Waals surface area contributed by atoms with Crippen LogP contribution in [0.3, 0.4) is 0 Å². The summed E-state index contributed by atoms with van der Waals surface area (Å²) in [5.41, 5.74) is 3.23. The van der Waals surface area contributed by atoms with E-state index in [4.69, 9.17) is 9.47 Å². The van der Waals surface area contributed by atoms with E-state index in [9.17, 15) is 14.4 Å². The molecule has 1 unspecified atom stereocenters. The van der Waals surface area contributed by atoms with Crippen molar-refractivity contribution in [2.45, 2.75) is 20.0 Å². The van der Waals surface area contributed by atoms with E-state index in [0.29, 0.717) is 11.3 Å². The molecule has 0 fully saturated rings. The fraction of sp³-hybridized carbons (Fsp3) is 0.250. The van der Waals surface area contributed by atoms with Gasteiger partial charge in [-0.05, 0) is 26.0 Å². The number of nitrogens with one attached hydrogen (secondary N) is 2. The van der Waals surface area contributed by atoms with Gasteiger partial charge in [0.25, 0.3) is 0 Å². The van der Waals surface area contributed by atoms with Gasteiger partial charge in [-0.2, -0.15) is 5.01 Å². The van der Waals surface area contributed by atoms with Gasteiger partial charge in [0.2, 0.25) is 5.78 Å². The second kappa shape index (κ2) is 10.6. The lowest BCUT2D eigenvalue weighted by atomic mass is 10.1. The zero-order valence-electron chi connectivity index (χ0n) is 15.8. The second-order valence-electron chi connectivity index (χ2n) is 5.54. The number of hydrogen-bond acceptors (Lipinski definition) is 6. The Balaban J connectivity index is 2.39. The minimum Gasteiger partial charge on any atom is -0.449 e. The highest BCUT2D eigenvalue weighted by Crippen LogP contribution is 2.14. The van der Waals surface area contributed by atoms with E-state index >= 15 is 0 Å². The van der Waals surface area contributed by atoms with E-state index < -0.39 is 24.1 Å². The van der Waals surface area contributed by atoms with Gasteiger partial charge in [-0.25, -0.2) is 15.0 Å². The van der Waals surface area contributed by atoms with Gasteiger partial charge in [-0.1, -0.05) is 48.5 Å². The molecule has 8 heteroatoms. The number of rotatable bonds is 7. The molecule has 1 atom stereocenters. The average Bonchev–Trinajstić information content (AvgIpc) is 2.72. The third-order valence-electron chi connectivity index (χ3n) is 3.59. The Morgan fingerprint density at radius 3 is 2.04 bits per heavy atom. The second-order valence-corrected chi connectivity index (χ2v) is 5.54. The molecule has 2 aromatic rings. The van der Waals surface area contributed by atoms with Crippen LogP contribution in [0.1, 0.15) is 24.2 Å². The molecule has 0 spiro atoms. The van der Waals surface area contributed by atoms with Crippen LogP contribution >= 0.6 is 0 Å². The highest BCUT2D eigenvalue weighted by molar-refractivity contribution is 6.02. The van der Waals surface area contributed by atoms with Gasteiger partial charge in [0, 0.05) is 11.3 Å². The fourth-order valence-electron chi connectivity index (χ4n) is 2.37. The molecule has 2 amide bonds. The number of amides is 2. The normalized spacial score (nSPS) is 11.1. The van der Waals surface area contributed by atoms with Crippen LogP contribution in [0.4, 0.5) is 15.3 Å². The number of para-hydroxylation sites is 1. The minimum absolute atomic E-state index is 0.0669. The SMILES string of the molecule is CCOC(=O)NN(C(=O)OCC)C(Nc1ccccc1)C(=O)c1ccccc1. The van der Waals surface area contributed by atoms with Gasteiger partial charge in [-0.15, -0.1) is 0 Å². The Kier molecular flexibility index (Phi) is 7.83. The maximum atomic E-state index is 13.1. The molecule has 148 valence electrons. The molecule has 0 heterocycles. The van der Waals surface area contributed by atoms with Crippen LogP contribution in [0, 0.1) is 0 Å². The molecule has 0 saturated heterocycles. The first-order valence-corrected chi connectivity index (χ1v) is 8.87. The van der Waals surface area contributed by atoms with Crippen molar-refractivity contribution in [1.29, 1.82) is 0 Å². The van der Waals surface area contributed by atoms with E-state index in [0.717, 1.165) is 5.01 Å². The van der Waals surface area contributed by atoms with Crippen LogP contribution in [0.15, 0.2) is 60.7 Å². The highest BCUT2D eigenvalue weighted by atomic mass is 16.6. The molecule has 0 aromatic heterocycles. The van der Waals surface area contributed by atoms with E-state index in [1.54, 1.807) is 68.4 Å². The third kappa shape index (κ3) is 5.73. The van der Waals surface area contributed by atoms with Crippen molar-refractivity contribution >= 4 is 23.7 Å². The molecular weight excluding hydrogens is 362 g/mol. The van der Waals surface area contributed by atoms with Crippen molar-refractivity contribution < 1.29 is 23.9 Å². The Labute approximate surface area is 163 Å². The van der Waals surface area contributed by atoms with Crippen LogP contribution in [0.5, 0.6) is 0 Å². The smallest absolute Gasteiger partial charge is 0.431 e. The van der Waals surface area contributed by atoms with Gasteiger partial charge < -0.3 is 14.8 Å². The summed E-state index contributed by atoms with van der Waals surface area (Å²) in [6.45, 7) is 3.42. The lowest BCUT2D eigenvalue weighted by Crippen LogP contribution is -2.58. The van der Waals surface area contributed by atoms with Crippen LogP contribution in [-0.2, 0) is 9.47 Å². The Hall–Kier alpha value is -3.55. The van der Waals surface area contributed by atoms with E-state index in [-0.39, 0.29) is 13.2 Å². The Bertz CT molecular complexity index is 783. The summed E-state index contributed by atoms with van der Waals surface area (Å²) in [7, 11) is 0. The van der Waals surface area contributed by atoms with Gasteiger partial charge in [-0.3, -0.25) is 4.79 Å². The number of nitrogens with zero attached hydrogens (tertiary/aromatic N) is 1. The number of anilines is 1. The maximum Gasteiger partial charge on any atom is 0.431 e. The van der Waals surface area contributed by atoms with E-state index in [2.05, 4.69) is 10.7 Å². The summed E-state index contributed by atoms with van der Waals surface area (Å²) in [5.74, 6) is -0.436. The standard InChI is InChI=1S/C20H23N3O5/c1-3-27-19(25)22-23(20(26)28-4-2)18(21-16-13-9-6-10-14-16)17(24)15-11-7-5-8-12-15/h5-14,18,21H,3-4H2,1-2H3,(H,22,25). The first-order chi connectivity index (χ1) is 13.6. The number of hydrazine groups is 1. The van der Waals surface area contributed by atoms with Crippen LogP contribution in [0.2, 0.25) is 0 Å². The molecule has 0 aliphatic carbocycles. The van der Waals surface area contributed by atoms with Crippen molar-refractivity contribution in [2.24, 2.45) is 0 Å². The van der Waals surface area contributed by atoms with Crippen molar-refractivity contribution in [2.75, 3.05) is 18.5 Å². The van der Waals surface area contributed by atoms with Gasteiger partial charge in [0.05, 0.1) is 13.2 Å². The summed E-state index contributed by atoms with van der Waals surface area (Å²) in [4.78, 5) is 37.6. The molecule has 2 rings (SSSR count). The zero-order valence-corrected chi connectivity index (χ0v) is 15.8. The van der Waals surface area contributed by atoms with Crippen LogP contribution < -0.4 is 10.7 Å². The first-order valence-electron chi connectivity index (χ1n) is 8.87. The molecule has 2 aromatic carbocycles. The predicted molar refractivity (Wildman–Crippen MR) is 104 cm³/mol. The predicted octanol–water partition coefficient (Wildman–Crippen LogP) is 3.43. The fourth-order valence-corrected chi connectivity index (χ4v) is 2.37. The molecule has 0 radical (unpaired) electrons. The lowest BCUT2D eigenvalue weighted by molar-refractivity contribution is 0.0530. The van der Waals surface area contributed by atoms with Gasteiger partial charge >= 0.3 is 12.2 Å². The molecule has 0 saturated carbocycles. The number of Topliss-reactive ketones (excluding diaryl/α,β-unsaturated/α-hetero) is 1. The molecule has 28 heavy (non-hydrogen) atoms. The topological polar surface area (TPSA) is 97.0 Å². The van der Waals surface area contributed by atoms with E-state index in [1.807, 2.05) is 6.07 Å². The summed E-state index contributed by atoms with van der Waals surface area (Å²) in [6, 6.07) is 17.3.